The van der Waals surface area contributed by atoms with Gasteiger partial charge in [-0.25, -0.2) is 8.42 Å². The summed E-state index contributed by atoms with van der Waals surface area (Å²) in [6.45, 7) is 4.09. The number of Topliss-reactive ketones (excluding diaryl/α,β-unsaturated/α-hetero) is 1. The largest absolute Gasteiger partial charge is 0.314 e. The first-order valence-corrected chi connectivity index (χ1v) is 12.0. The Morgan fingerprint density at radius 2 is 1.58 bits per heavy atom. The molecule has 0 fully saturated rings. The monoisotopic (exact) mass is 431 g/mol. The molecule has 0 spiro atoms. The number of nitrogens with zero attached hydrogens (tertiary/aromatic N) is 1. The fourth-order valence-electron chi connectivity index (χ4n) is 3.70. The van der Waals surface area contributed by atoms with Crippen LogP contribution in [-0.2, 0) is 16.3 Å². The molecule has 1 aliphatic rings. The number of hydrogen-bond donors (Lipinski definition) is 0. The predicted molar refractivity (Wildman–Crippen MR) is 124 cm³/mol. The van der Waals surface area contributed by atoms with Crippen molar-refractivity contribution in [1.29, 1.82) is 0 Å². The molecule has 0 aliphatic carbocycles. The van der Waals surface area contributed by atoms with E-state index in [2.05, 4.69) is 19.1 Å². The van der Waals surface area contributed by atoms with Gasteiger partial charge in [0.2, 0.25) is 15.6 Å². The van der Waals surface area contributed by atoms with Crippen molar-refractivity contribution in [2.45, 2.75) is 38.0 Å². The van der Waals surface area contributed by atoms with Gasteiger partial charge in [-0.05, 0) is 49.6 Å². The minimum absolute atomic E-state index is 0.142. The molecule has 0 atom stereocenters. The van der Waals surface area contributed by atoms with Gasteiger partial charge >= 0.3 is 0 Å². The number of allylic oxidation sites excluding steroid dienone is 1. The van der Waals surface area contributed by atoms with Crippen molar-refractivity contribution >= 4 is 27.0 Å². The van der Waals surface area contributed by atoms with Crippen molar-refractivity contribution in [2.75, 3.05) is 4.90 Å². The third-order valence-corrected chi connectivity index (χ3v) is 7.32. The molecule has 0 saturated heterocycles. The average Bonchev–Trinajstić information content (AvgIpc) is 2.78. The standard InChI is InChI=1S/C26H25NO3S/c1-3-4-7-20-12-16-22(17-13-20)27-18-25(26(28)21-14-10-19(2)11-15-21)31(29,30)24-9-6-5-8-23(24)27/h5-6,8-18H,3-4,7H2,1-2H3. The van der Waals surface area contributed by atoms with Crippen LogP contribution in [0.15, 0.2) is 88.8 Å². The van der Waals surface area contributed by atoms with Crippen LogP contribution in [0.3, 0.4) is 0 Å². The Morgan fingerprint density at radius 3 is 2.26 bits per heavy atom. The lowest BCUT2D eigenvalue weighted by Gasteiger charge is -2.29. The van der Waals surface area contributed by atoms with Crippen molar-refractivity contribution < 1.29 is 13.2 Å². The molecule has 4 nitrogen and oxygen atoms in total. The molecule has 158 valence electrons. The molecule has 5 heteroatoms. The van der Waals surface area contributed by atoms with Crippen LogP contribution >= 0.6 is 0 Å². The zero-order chi connectivity index (χ0) is 22.0. The normalized spacial score (nSPS) is 14.6. The Morgan fingerprint density at radius 1 is 0.903 bits per heavy atom. The first-order chi connectivity index (χ1) is 14.9. The fraction of sp³-hybridized carbons (Fsp3) is 0.192. The van der Waals surface area contributed by atoms with Crippen LogP contribution in [0.5, 0.6) is 0 Å². The number of hydrogen-bond acceptors (Lipinski definition) is 4. The summed E-state index contributed by atoms with van der Waals surface area (Å²) in [5.74, 6) is -0.501. The predicted octanol–water partition coefficient (Wildman–Crippen LogP) is 5.99. The highest BCUT2D eigenvalue weighted by molar-refractivity contribution is 7.96. The molecule has 1 heterocycles. The van der Waals surface area contributed by atoms with E-state index in [0.717, 1.165) is 30.5 Å². The van der Waals surface area contributed by atoms with Crippen molar-refractivity contribution in [3.05, 3.63) is 101 Å². The maximum Gasteiger partial charge on any atom is 0.214 e. The van der Waals surface area contributed by atoms with E-state index in [1.54, 1.807) is 41.3 Å². The number of unbranched alkanes of at least 4 members (excludes halogenated alkanes) is 1. The number of benzene rings is 3. The lowest BCUT2D eigenvalue weighted by molar-refractivity contribution is 0.104. The van der Waals surface area contributed by atoms with Crippen molar-refractivity contribution in [1.82, 2.24) is 0 Å². The van der Waals surface area contributed by atoms with Gasteiger partial charge in [-0.3, -0.25) is 4.79 Å². The molecule has 0 bridgehead atoms. The number of sulfone groups is 1. The SMILES string of the molecule is CCCCc1ccc(N2C=C(C(=O)c3ccc(C)cc3)S(=O)(=O)c3ccccc32)cc1. The molecule has 0 N–H and O–H groups in total. The molecule has 1 aliphatic heterocycles. The van der Waals surface area contributed by atoms with Crippen molar-refractivity contribution in [2.24, 2.45) is 0 Å². The number of ketones is 1. The smallest absolute Gasteiger partial charge is 0.214 e. The van der Waals surface area contributed by atoms with Crippen LogP contribution in [0.1, 0.15) is 41.3 Å². The van der Waals surface area contributed by atoms with Crippen LogP contribution in [-0.4, -0.2) is 14.2 Å². The number of para-hydroxylation sites is 1. The van der Waals surface area contributed by atoms with Gasteiger partial charge in [-0.15, -0.1) is 0 Å². The van der Waals surface area contributed by atoms with E-state index < -0.39 is 15.6 Å². The molecule has 0 amide bonds. The van der Waals surface area contributed by atoms with Gasteiger partial charge < -0.3 is 4.90 Å². The molecule has 3 aromatic carbocycles. The Hall–Kier alpha value is -3.18. The van der Waals surface area contributed by atoms with E-state index in [1.165, 1.54) is 11.8 Å². The van der Waals surface area contributed by atoms with Crippen LogP contribution in [0.2, 0.25) is 0 Å². The highest BCUT2D eigenvalue weighted by atomic mass is 32.2. The van der Waals surface area contributed by atoms with Crippen LogP contribution < -0.4 is 4.90 Å². The minimum Gasteiger partial charge on any atom is -0.314 e. The second-order valence-corrected chi connectivity index (χ2v) is 9.69. The molecule has 31 heavy (non-hydrogen) atoms. The van der Waals surface area contributed by atoms with Crippen LogP contribution in [0, 0.1) is 6.92 Å². The third-order valence-electron chi connectivity index (χ3n) is 5.52. The molecule has 4 rings (SSSR count). The average molecular weight is 432 g/mol. The summed E-state index contributed by atoms with van der Waals surface area (Å²) in [6, 6.07) is 21.8. The summed E-state index contributed by atoms with van der Waals surface area (Å²) in [5.41, 5.74) is 3.96. The fourth-order valence-corrected chi connectivity index (χ4v) is 5.25. The maximum atomic E-state index is 13.3. The Kier molecular flexibility index (Phi) is 5.79. The van der Waals surface area contributed by atoms with Gasteiger partial charge in [0.1, 0.15) is 4.91 Å². The highest BCUT2D eigenvalue weighted by Gasteiger charge is 2.35. The van der Waals surface area contributed by atoms with E-state index in [-0.39, 0.29) is 9.80 Å². The van der Waals surface area contributed by atoms with E-state index >= 15 is 0 Å². The first kappa shape index (κ1) is 21.1. The summed E-state index contributed by atoms with van der Waals surface area (Å²) in [4.78, 5) is 14.9. The Bertz CT molecular complexity index is 1240. The van der Waals surface area contributed by atoms with Crippen molar-refractivity contribution in [3.8, 4) is 0 Å². The molecule has 3 aromatic rings. The van der Waals surface area contributed by atoms with E-state index in [0.29, 0.717) is 11.3 Å². The second-order valence-electron chi connectivity index (χ2n) is 7.80. The molecule has 0 aromatic heterocycles. The number of fused-ring (bicyclic) bond motifs is 1. The summed E-state index contributed by atoms with van der Waals surface area (Å²) < 4.78 is 26.6. The lowest BCUT2D eigenvalue weighted by atomic mass is 10.1. The van der Waals surface area contributed by atoms with Gasteiger partial charge in [0.15, 0.2) is 0 Å². The zero-order valence-corrected chi connectivity index (χ0v) is 18.5. The number of aryl methyl sites for hydroxylation is 2. The van der Waals surface area contributed by atoms with Gasteiger partial charge in [-0.1, -0.05) is 67.4 Å². The van der Waals surface area contributed by atoms with Gasteiger partial charge in [-0.2, -0.15) is 0 Å². The topological polar surface area (TPSA) is 54.5 Å². The van der Waals surface area contributed by atoms with Gasteiger partial charge in [0, 0.05) is 17.5 Å². The second kappa shape index (κ2) is 8.52. The molecular weight excluding hydrogens is 406 g/mol. The lowest BCUT2D eigenvalue weighted by Crippen LogP contribution is -2.25. The summed E-state index contributed by atoms with van der Waals surface area (Å²) in [5, 5.41) is 0. The van der Waals surface area contributed by atoms with Gasteiger partial charge in [0.05, 0.1) is 10.6 Å². The summed E-state index contributed by atoms with van der Waals surface area (Å²) >= 11 is 0. The number of carbonyl (C=O) groups is 1. The van der Waals surface area contributed by atoms with E-state index in [1.807, 2.05) is 31.2 Å². The zero-order valence-electron chi connectivity index (χ0n) is 17.7. The summed E-state index contributed by atoms with van der Waals surface area (Å²) in [7, 11) is -3.93. The summed E-state index contributed by atoms with van der Waals surface area (Å²) in [6.07, 6.45) is 4.72. The number of rotatable bonds is 6. The quantitative estimate of drug-likeness (QED) is 0.450. The molecule has 0 saturated carbocycles. The molecule has 0 radical (unpaired) electrons. The van der Waals surface area contributed by atoms with E-state index in [4.69, 9.17) is 0 Å². The Balaban J connectivity index is 1.81. The van der Waals surface area contributed by atoms with Crippen molar-refractivity contribution in [3.63, 3.8) is 0 Å². The minimum atomic E-state index is -3.93. The maximum absolute atomic E-state index is 13.3. The molecular formula is C26H25NO3S. The first-order valence-electron chi connectivity index (χ1n) is 10.5. The third kappa shape index (κ3) is 4.06. The van der Waals surface area contributed by atoms with Gasteiger partial charge in [0.25, 0.3) is 0 Å². The number of carbonyl (C=O) groups excluding carboxylic acids is 1. The van der Waals surface area contributed by atoms with Crippen LogP contribution in [0.25, 0.3) is 0 Å². The van der Waals surface area contributed by atoms with Crippen LogP contribution in [0.4, 0.5) is 11.4 Å². The van der Waals surface area contributed by atoms with E-state index in [9.17, 15) is 13.2 Å². The molecule has 0 unspecified atom stereocenters. The number of anilines is 2. The highest BCUT2D eigenvalue weighted by Crippen LogP contribution is 2.40. The Labute approximate surface area is 183 Å².